The molecule has 2 aromatic rings. The van der Waals surface area contributed by atoms with Gasteiger partial charge in [0.25, 0.3) is 0 Å². The van der Waals surface area contributed by atoms with Gasteiger partial charge in [0.15, 0.2) is 0 Å². The highest BCUT2D eigenvalue weighted by atomic mass is 32.2. The van der Waals surface area contributed by atoms with E-state index in [0.29, 0.717) is 0 Å². The van der Waals surface area contributed by atoms with Gasteiger partial charge in [-0.05, 0) is 52.0 Å². The molecular weight excluding hydrogens is 334 g/mol. The second kappa shape index (κ2) is 6.34. The Labute approximate surface area is 164 Å². The highest BCUT2D eigenvalue weighted by Gasteiger charge is 2.36. The van der Waals surface area contributed by atoms with E-state index in [2.05, 4.69) is 97.1 Å². The molecule has 26 heavy (non-hydrogen) atoms. The molecule has 0 spiro atoms. The average molecular weight is 368 g/mol. The maximum absolute atomic E-state index is 3.79. The van der Waals surface area contributed by atoms with Crippen LogP contribution in [-0.2, 0) is 10.8 Å². The molecule has 1 aliphatic rings. The van der Waals surface area contributed by atoms with Gasteiger partial charge in [0, 0.05) is 9.79 Å². The molecule has 1 N–H and O–H groups in total. The number of benzene rings is 2. The monoisotopic (exact) mass is 367 g/mol. The lowest BCUT2D eigenvalue weighted by molar-refractivity contribution is 0.281. The smallest absolute Gasteiger partial charge is 0.0567 e. The van der Waals surface area contributed by atoms with Gasteiger partial charge in [-0.25, -0.2) is 0 Å². The van der Waals surface area contributed by atoms with Gasteiger partial charge in [0.1, 0.15) is 0 Å². The van der Waals surface area contributed by atoms with Crippen LogP contribution in [0.15, 0.2) is 46.2 Å². The summed E-state index contributed by atoms with van der Waals surface area (Å²) in [7, 11) is 0. The molecule has 0 amide bonds. The predicted octanol–water partition coefficient (Wildman–Crippen LogP) is 7.91. The third kappa shape index (κ3) is 3.81. The average Bonchev–Trinajstić information content (AvgIpc) is 2.48. The van der Waals surface area contributed by atoms with Gasteiger partial charge in [-0.3, -0.25) is 0 Å². The van der Waals surface area contributed by atoms with Gasteiger partial charge in [0.05, 0.1) is 11.4 Å². The Bertz CT molecular complexity index is 819. The molecular formula is C24H33NS. The highest BCUT2D eigenvalue weighted by molar-refractivity contribution is 7.99. The Morgan fingerprint density at radius 1 is 0.808 bits per heavy atom. The summed E-state index contributed by atoms with van der Waals surface area (Å²) >= 11 is 1.89. The normalized spacial score (nSPS) is 14.5. The number of nitrogens with one attached hydrogen (secondary N) is 1. The Morgan fingerprint density at radius 2 is 1.46 bits per heavy atom. The Hall–Kier alpha value is -1.41. The minimum absolute atomic E-state index is 0.0893. The SMILES string of the molecule is CC(C)(C)CC(C)(C)c1c(C(C)(C)C)ccc2c1Nc1ccccc1S2. The summed E-state index contributed by atoms with van der Waals surface area (Å²) in [5.41, 5.74) is 5.97. The van der Waals surface area contributed by atoms with Crippen LogP contribution in [-0.4, -0.2) is 0 Å². The topological polar surface area (TPSA) is 12.0 Å². The fourth-order valence-corrected chi connectivity index (χ4v) is 5.45. The first kappa shape index (κ1) is 19.4. The van der Waals surface area contributed by atoms with Crippen molar-refractivity contribution in [3.8, 4) is 0 Å². The van der Waals surface area contributed by atoms with Gasteiger partial charge in [-0.15, -0.1) is 0 Å². The van der Waals surface area contributed by atoms with Crippen molar-refractivity contribution in [2.45, 2.75) is 82.4 Å². The van der Waals surface area contributed by atoms with Crippen molar-refractivity contribution in [1.29, 1.82) is 0 Å². The number of hydrogen-bond donors (Lipinski definition) is 1. The van der Waals surface area contributed by atoms with E-state index in [1.165, 1.54) is 32.3 Å². The van der Waals surface area contributed by atoms with Crippen LogP contribution >= 0.6 is 11.8 Å². The molecule has 2 heteroatoms. The van der Waals surface area contributed by atoms with Crippen molar-refractivity contribution in [2.24, 2.45) is 5.41 Å². The molecule has 2 aromatic carbocycles. The van der Waals surface area contributed by atoms with Crippen LogP contribution in [0.25, 0.3) is 0 Å². The van der Waals surface area contributed by atoms with Crippen LogP contribution in [0.1, 0.15) is 72.9 Å². The van der Waals surface area contributed by atoms with Crippen molar-refractivity contribution in [3.63, 3.8) is 0 Å². The number of rotatable bonds is 2. The Kier molecular flexibility index (Phi) is 4.72. The largest absolute Gasteiger partial charge is 0.353 e. The van der Waals surface area contributed by atoms with Crippen LogP contribution in [0.5, 0.6) is 0 Å². The third-order valence-electron chi connectivity index (χ3n) is 4.99. The molecule has 0 fully saturated rings. The maximum Gasteiger partial charge on any atom is 0.0567 e. The summed E-state index contributed by atoms with van der Waals surface area (Å²) in [5.74, 6) is 0. The summed E-state index contributed by atoms with van der Waals surface area (Å²) in [4.78, 5) is 2.65. The molecule has 1 nitrogen and oxygen atoms in total. The fraction of sp³-hybridized carbons (Fsp3) is 0.500. The summed E-state index contributed by atoms with van der Waals surface area (Å²) < 4.78 is 0. The minimum Gasteiger partial charge on any atom is -0.353 e. The van der Waals surface area contributed by atoms with Crippen LogP contribution < -0.4 is 5.32 Å². The number of fused-ring (bicyclic) bond motifs is 2. The highest BCUT2D eigenvalue weighted by Crippen LogP contribution is 2.52. The Balaban J connectivity index is 2.21. The lowest BCUT2D eigenvalue weighted by atomic mass is 9.67. The molecule has 1 heterocycles. The summed E-state index contributed by atoms with van der Waals surface area (Å²) in [6.45, 7) is 18.8. The van der Waals surface area contributed by atoms with E-state index >= 15 is 0 Å². The van der Waals surface area contributed by atoms with E-state index in [-0.39, 0.29) is 16.2 Å². The molecule has 0 saturated heterocycles. The molecule has 0 atom stereocenters. The van der Waals surface area contributed by atoms with Crippen molar-refractivity contribution >= 4 is 23.1 Å². The first-order chi connectivity index (χ1) is 11.9. The zero-order valence-electron chi connectivity index (χ0n) is 17.6. The molecule has 0 unspecified atom stereocenters. The zero-order chi connectivity index (χ0) is 19.3. The van der Waals surface area contributed by atoms with Crippen LogP contribution in [0, 0.1) is 5.41 Å². The molecule has 0 saturated carbocycles. The van der Waals surface area contributed by atoms with E-state index in [4.69, 9.17) is 0 Å². The fourth-order valence-electron chi connectivity index (χ4n) is 4.45. The van der Waals surface area contributed by atoms with Gasteiger partial charge in [0.2, 0.25) is 0 Å². The number of para-hydroxylation sites is 1. The Morgan fingerprint density at radius 3 is 2.08 bits per heavy atom. The van der Waals surface area contributed by atoms with Crippen molar-refractivity contribution in [2.75, 3.05) is 5.32 Å². The van der Waals surface area contributed by atoms with Gasteiger partial charge in [-0.1, -0.05) is 85.4 Å². The van der Waals surface area contributed by atoms with Crippen LogP contribution in [0.3, 0.4) is 0 Å². The van der Waals surface area contributed by atoms with E-state index in [9.17, 15) is 0 Å². The second-order valence-electron chi connectivity index (χ2n) is 10.5. The molecule has 0 bridgehead atoms. The van der Waals surface area contributed by atoms with Crippen LogP contribution in [0.2, 0.25) is 0 Å². The predicted molar refractivity (Wildman–Crippen MR) is 116 cm³/mol. The number of hydrogen-bond acceptors (Lipinski definition) is 2. The van der Waals surface area contributed by atoms with Crippen molar-refractivity contribution in [1.82, 2.24) is 0 Å². The quantitative estimate of drug-likeness (QED) is 0.494. The molecule has 0 radical (unpaired) electrons. The van der Waals surface area contributed by atoms with Crippen LogP contribution in [0.4, 0.5) is 11.4 Å². The van der Waals surface area contributed by atoms with Gasteiger partial charge >= 0.3 is 0 Å². The van der Waals surface area contributed by atoms with E-state index in [1.807, 2.05) is 11.8 Å². The zero-order valence-corrected chi connectivity index (χ0v) is 18.4. The van der Waals surface area contributed by atoms with Crippen molar-refractivity contribution in [3.05, 3.63) is 47.5 Å². The first-order valence-electron chi connectivity index (χ1n) is 9.60. The summed E-state index contributed by atoms with van der Waals surface area (Å²) in [6.07, 6.45) is 1.15. The lowest BCUT2D eigenvalue weighted by Gasteiger charge is -2.40. The third-order valence-corrected chi connectivity index (χ3v) is 6.13. The van der Waals surface area contributed by atoms with E-state index in [0.717, 1.165) is 6.42 Å². The van der Waals surface area contributed by atoms with Gasteiger partial charge in [-0.2, -0.15) is 0 Å². The standard InChI is InChI=1S/C24H33NS/c1-22(2,3)15-24(7,8)20-16(23(4,5)6)13-14-19-21(20)25-17-11-9-10-12-18(17)26-19/h9-14,25H,15H2,1-8H3. The lowest BCUT2D eigenvalue weighted by Crippen LogP contribution is -2.30. The molecule has 140 valence electrons. The van der Waals surface area contributed by atoms with Gasteiger partial charge < -0.3 is 5.32 Å². The van der Waals surface area contributed by atoms with Crippen molar-refractivity contribution < 1.29 is 0 Å². The number of anilines is 2. The van der Waals surface area contributed by atoms with E-state index < -0.39 is 0 Å². The second-order valence-corrected chi connectivity index (χ2v) is 11.5. The van der Waals surface area contributed by atoms with E-state index in [1.54, 1.807) is 0 Å². The molecule has 1 aliphatic heterocycles. The minimum atomic E-state index is 0.0893. The first-order valence-corrected chi connectivity index (χ1v) is 10.4. The summed E-state index contributed by atoms with van der Waals surface area (Å²) in [6, 6.07) is 13.3. The molecule has 3 rings (SSSR count). The maximum atomic E-state index is 3.79. The summed E-state index contributed by atoms with van der Waals surface area (Å²) in [5, 5.41) is 3.79. The molecule has 0 aromatic heterocycles. The molecule has 0 aliphatic carbocycles.